The number of nitrogens with one attached hydrogen (secondary N) is 1. The van der Waals surface area contributed by atoms with E-state index in [1.165, 1.54) is 24.2 Å². The van der Waals surface area contributed by atoms with E-state index in [-0.39, 0.29) is 43.4 Å². The fourth-order valence-electron chi connectivity index (χ4n) is 4.93. The molecule has 2 aliphatic heterocycles. The highest BCUT2D eigenvalue weighted by molar-refractivity contribution is 8.07. The van der Waals surface area contributed by atoms with Crippen molar-refractivity contribution < 1.29 is 37.4 Å². The van der Waals surface area contributed by atoms with Crippen LogP contribution in [-0.4, -0.2) is 82.5 Å². The van der Waals surface area contributed by atoms with Crippen LogP contribution in [0.3, 0.4) is 0 Å². The van der Waals surface area contributed by atoms with E-state index in [0.29, 0.717) is 22.6 Å². The maximum Gasteiger partial charge on any atom is 0.325 e. The zero-order chi connectivity index (χ0) is 30.5. The van der Waals surface area contributed by atoms with Gasteiger partial charge >= 0.3 is 13.4 Å². The molecule has 2 unspecified atom stereocenters. The second kappa shape index (κ2) is 11.7. The zero-order valence-corrected chi connectivity index (χ0v) is 25.9. The summed E-state index contributed by atoms with van der Waals surface area (Å²) in [6.07, 6.45) is -1.32. The molecule has 0 amide bonds. The number of nitriles is 1. The molecule has 0 aromatic carbocycles. The van der Waals surface area contributed by atoms with Gasteiger partial charge in [-0.1, -0.05) is 0 Å². The van der Waals surface area contributed by atoms with Crippen LogP contribution < -0.4 is 5.56 Å². The fourth-order valence-corrected chi connectivity index (χ4v) is 7.38. The van der Waals surface area contributed by atoms with Crippen molar-refractivity contribution in [3.05, 3.63) is 46.2 Å². The van der Waals surface area contributed by atoms with Crippen LogP contribution in [0.2, 0.25) is 0 Å². The van der Waals surface area contributed by atoms with Crippen LogP contribution in [0, 0.1) is 18.3 Å². The highest BCUT2D eigenvalue weighted by atomic mass is 32.5. The summed E-state index contributed by atoms with van der Waals surface area (Å²) in [6, 6.07) is 3.56. The molecule has 17 nitrogen and oxygen atoms in total. The van der Waals surface area contributed by atoms with Crippen molar-refractivity contribution in [2.45, 2.75) is 44.6 Å². The summed E-state index contributed by atoms with van der Waals surface area (Å²) in [4.78, 5) is 54.5. The van der Waals surface area contributed by atoms with E-state index in [9.17, 15) is 19.8 Å². The number of nitrogens with zero attached hydrogens (tertiary/aromatic N) is 7. The Bertz CT molecular complexity index is 1910. The SMILES string of the molecule is CO[C@H]1[C@H]2OP(O)(=S)OCc3nc4cc(C#N)cnc4n3CCOP(O)(=S)OC[C@H]1O[C@H]2n1cnc2c(=O)[nH]c(C)nc21. The molecule has 2 aliphatic rings. The topological polar surface area (TPSA) is 214 Å². The third-order valence-corrected chi connectivity index (χ3v) is 9.91. The van der Waals surface area contributed by atoms with Gasteiger partial charge in [-0.3, -0.25) is 13.9 Å². The lowest BCUT2D eigenvalue weighted by atomic mass is 10.1. The number of hydrogen-bond acceptors (Lipinski definition) is 14. The molecule has 21 heteroatoms. The van der Waals surface area contributed by atoms with Crippen molar-refractivity contribution in [3.63, 3.8) is 0 Å². The van der Waals surface area contributed by atoms with Gasteiger partial charge in [0, 0.05) is 19.9 Å². The number of aryl methyl sites for hydroxylation is 1. The van der Waals surface area contributed by atoms with Crippen LogP contribution in [0.1, 0.15) is 23.4 Å². The van der Waals surface area contributed by atoms with Crippen molar-refractivity contribution in [3.8, 4) is 6.07 Å². The maximum atomic E-state index is 12.5. The zero-order valence-electron chi connectivity index (χ0n) is 22.5. The Kier molecular flexibility index (Phi) is 8.32. The summed E-state index contributed by atoms with van der Waals surface area (Å²) in [6.45, 7) is -6.77. The van der Waals surface area contributed by atoms with Crippen LogP contribution in [-0.2, 0) is 64.3 Å². The molecule has 4 aromatic heterocycles. The second-order valence-electron chi connectivity index (χ2n) is 9.51. The lowest BCUT2D eigenvalue weighted by Crippen LogP contribution is -2.37. The molecule has 3 N–H and O–H groups in total. The molecule has 43 heavy (non-hydrogen) atoms. The van der Waals surface area contributed by atoms with Crippen LogP contribution in [0.15, 0.2) is 23.4 Å². The third-order valence-electron chi connectivity index (χ3n) is 6.76. The summed E-state index contributed by atoms with van der Waals surface area (Å²) >= 11 is 10.6. The Labute approximate surface area is 252 Å². The van der Waals surface area contributed by atoms with E-state index in [4.69, 9.17) is 51.2 Å². The predicted octanol–water partition coefficient (Wildman–Crippen LogP) is 1.04. The molecular weight excluding hydrogens is 646 g/mol. The standard InChI is InChI=1S/C22H24N8O9P2S2/c1-11-26-20-16(21(31)27-11)25-10-30(20)22-18-17(34-2)14(38-22)8-36-40(32,42)35-4-3-29-15(9-37-41(33,43)39-18)28-13-5-12(6-23)7-24-19(13)29/h5,7,10,14,17-18,22H,3-4,8-9H2,1-2H3,(H,32,42)(H,33,43)(H,26,27,31)/t14-,17-,18-,22-,40?,41?/m1/s1. The van der Waals surface area contributed by atoms with Gasteiger partial charge in [-0.2, -0.15) is 5.26 Å². The van der Waals surface area contributed by atoms with Gasteiger partial charge in [0.1, 0.15) is 48.2 Å². The van der Waals surface area contributed by atoms with Gasteiger partial charge < -0.3 is 42.4 Å². The third kappa shape index (κ3) is 6.07. The molecule has 1 saturated heterocycles. The number of fused-ring (bicyclic) bond motifs is 6. The lowest BCUT2D eigenvalue weighted by Gasteiger charge is -2.27. The first-order valence-corrected chi connectivity index (χ1v) is 17.8. The van der Waals surface area contributed by atoms with E-state index >= 15 is 0 Å². The second-order valence-corrected chi connectivity index (χ2v) is 15.1. The molecule has 0 aliphatic carbocycles. The molecule has 0 spiro atoms. The summed E-state index contributed by atoms with van der Waals surface area (Å²) in [7, 11) is 1.39. The van der Waals surface area contributed by atoms with Crippen LogP contribution in [0.5, 0.6) is 0 Å². The number of hydrogen-bond donors (Lipinski definition) is 3. The molecule has 1 fully saturated rings. The average molecular weight is 671 g/mol. The molecule has 2 bridgehead atoms. The predicted molar refractivity (Wildman–Crippen MR) is 154 cm³/mol. The Morgan fingerprint density at radius 3 is 2.77 bits per heavy atom. The Morgan fingerprint density at radius 1 is 1.19 bits per heavy atom. The Balaban J connectivity index is 1.40. The molecular formula is C22H24N8O9P2S2. The number of rotatable bonds is 2. The van der Waals surface area contributed by atoms with E-state index in [1.54, 1.807) is 17.6 Å². The molecule has 6 rings (SSSR count). The van der Waals surface area contributed by atoms with Crippen molar-refractivity contribution in [1.82, 2.24) is 34.1 Å². The van der Waals surface area contributed by atoms with Crippen LogP contribution in [0.25, 0.3) is 22.3 Å². The van der Waals surface area contributed by atoms with E-state index in [0.717, 1.165) is 0 Å². The van der Waals surface area contributed by atoms with Crippen molar-refractivity contribution in [2.24, 2.45) is 0 Å². The highest BCUT2D eigenvalue weighted by Gasteiger charge is 2.50. The minimum absolute atomic E-state index is 0.0507. The monoisotopic (exact) mass is 670 g/mol. The summed E-state index contributed by atoms with van der Waals surface area (Å²) < 4.78 is 37.9. The van der Waals surface area contributed by atoms with E-state index in [1.807, 2.05) is 6.07 Å². The smallest absolute Gasteiger partial charge is 0.325 e. The summed E-state index contributed by atoms with van der Waals surface area (Å²) in [5.41, 5.74) is 0.871. The van der Waals surface area contributed by atoms with Crippen LogP contribution >= 0.6 is 13.4 Å². The van der Waals surface area contributed by atoms with E-state index in [2.05, 4.69) is 24.9 Å². The summed E-state index contributed by atoms with van der Waals surface area (Å²) in [5, 5.41) is 9.27. The Morgan fingerprint density at radius 2 is 2.00 bits per heavy atom. The normalized spacial score (nSPS) is 30.5. The largest absolute Gasteiger partial charge is 0.376 e. The van der Waals surface area contributed by atoms with E-state index < -0.39 is 43.5 Å². The first-order chi connectivity index (χ1) is 20.5. The first kappa shape index (κ1) is 30.5. The lowest BCUT2D eigenvalue weighted by molar-refractivity contribution is -0.0511. The number of imidazole rings is 2. The van der Waals surface area contributed by atoms with Gasteiger partial charge in [0.15, 0.2) is 23.0 Å². The minimum atomic E-state index is -4.04. The van der Waals surface area contributed by atoms with Gasteiger partial charge in [-0.05, 0) is 36.6 Å². The van der Waals surface area contributed by atoms with Gasteiger partial charge in [-0.25, -0.2) is 19.9 Å². The van der Waals surface area contributed by atoms with Crippen molar-refractivity contribution in [2.75, 3.05) is 20.3 Å². The number of H-pyrrole nitrogens is 1. The number of pyridine rings is 1. The van der Waals surface area contributed by atoms with Gasteiger partial charge in [0.05, 0.1) is 25.1 Å². The number of methoxy groups -OCH3 is 1. The highest BCUT2D eigenvalue weighted by Crippen LogP contribution is 2.52. The fraction of sp³-hybridized carbons (Fsp3) is 0.455. The van der Waals surface area contributed by atoms with Gasteiger partial charge in [0.25, 0.3) is 5.56 Å². The van der Waals surface area contributed by atoms with Crippen molar-refractivity contribution >= 4 is 59.4 Å². The maximum absolute atomic E-state index is 12.5. The van der Waals surface area contributed by atoms with Crippen LogP contribution in [0.4, 0.5) is 0 Å². The average Bonchev–Trinajstić information content (AvgIpc) is 3.63. The number of aromatic nitrogens is 7. The molecule has 228 valence electrons. The molecule has 0 saturated carbocycles. The first-order valence-electron chi connectivity index (χ1n) is 12.6. The minimum Gasteiger partial charge on any atom is -0.376 e. The number of aromatic amines is 1. The molecule has 6 heterocycles. The molecule has 4 aromatic rings. The number of ether oxygens (including phenoxy) is 2. The van der Waals surface area contributed by atoms with Crippen molar-refractivity contribution in [1.29, 1.82) is 5.26 Å². The quantitative estimate of drug-likeness (QED) is 0.254. The van der Waals surface area contributed by atoms with Gasteiger partial charge in [-0.15, -0.1) is 0 Å². The molecule has 0 radical (unpaired) electrons. The molecule has 6 atom stereocenters. The Hall–Kier alpha value is -2.56. The van der Waals surface area contributed by atoms with Gasteiger partial charge in [0.2, 0.25) is 0 Å². The summed E-state index contributed by atoms with van der Waals surface area (Å²) in [5.74, 6) is 0.621.